The summed E-state index contributed by atoms with van der Waals surface area (Å²) in [7, 11) is 0. The molecule has 0 aliphatic carbocycles. The topological polar surface area (TPSA) is 111 Å². The summed E-state index contributed by atoms with van der Waals surface area (Å²) in [4.78, 5) is 11.4. The lowest BCUT2D eigenvalue weighted by Gasteiger charge is -2.08. The molecule has 0 unspecified atom stereocenters. The molecule has 5 nitrogen and oxygen atoms in total. The first-order chi connectivity index (χ1) is 7.95. The van der Waals surface area contributed by atoms with Gasteiger partial charge in [0.2, 0.25) is 0 Å². The highest BCUT2D eigenvalue weighted by molar-refractivity contribution is 6.40. The number of benzene rings is 1. The van der Waals surface area contributed by atoms with E-state index in [0.717, 1.165) is 0 Å². The summed E-state index contributed by atoms with van der Waals surface area (Å²) in [6.07, 6.45) is -0.0261. The van der Waals surface area contributed by atoms with Gasteiger partial charge in [0.1, 0.15) is 5.75 Å². The van der Waals surface area contributed by atoms with Crippen molar-refractivity contribution in [3.8, 4) is 11.8 Å². The number of hydrogen-bond donors (Lipinski definition) is 3. The van der Waals surface area contributed by atoms with Crippen LogP contribution in [-0.2, 0) is 11.2 Å². The highest BCUT2D eigenvalue weighted by atomic mass is 16.3. The van der Waals surface area contributed by atoms with E-state index in [4.69, 9.17) is 16.4 Å². The van der Waals surface area contributed by atoms with Gasteiger partial charge < -0.3 is 16.2 Å². The van der Waals surface area contributed by atoms with Crippen LogP contribution in [0.15, 0.2) is 18.2 Å². The average molecular weight is 231 g/mol. The number of nitriles is 1. The standard InChI is InChI=1S/C12H13N3O2/c1-7(14)12(17)10(15)5-9-4-8(6-13)2-3-11(9)16/h2-4,7,15-16H,5,14H2,1H3/t7-/m0/s1. The number of nitrogens with two attached hydrogens (primary N) is 1. The quantitative estimate of drug-likeness (QED) is 0.663. The number of hydrogen-bond acceptors (Lipinski definition) is 5. The predicted octanol–water partition coefficient (Wildman–Crippen LogP) is 0.742. The minimum absolute atomic E-state index is 0.0261. The van der Waals surface area contributed by atoms with Gasteiger partial charge in [0.25, 0.3) is 0 Å². The maximum Gasteiger partial charge on any atom is 0.192 e. The summed E-state index contributed by atoms with van der Waals surface area (Å²) in [5.41, 5.74) is 5.96. The molecule has 0 spiro atoms. The maximum atomic E-state index is 11.4. The van der Waals surface area contributed by atoms with E-state index in [1.807, 2.05) is 6.07 Å². The van der Waals surface area contributed by atoms with E-state index in [9.17, 15) is 9.90 Å². The summed E-state index contributed by atoms with van der Waals surface area (Å²) in [6, 6.07) is 5.49. The average Bonchev–Trinajstić information content (AvgIpc) is 2.30. The number of phenols is 1. The van der Waals surface area contributed by atoms with Gasteiger partial charge >= 0.3 is 0 Å². The number of aromatic hydroxyl groups is 1. The fourth-order valence-electron chi connectivity index (χ4n) is 1.35. The molecule has 1 rings (SSSR count). The van der Waals surface area contributed by atoms with Gasteiger partial charge in [0, 0.05) is 12.0 Å². The fraction of sp³-hybridized carbons (Fsp3) is 0.250. The van der Waals surface area contributed by atoms with Gasteiger partial charge in [-0.1, -0.05) is 0 Å². The molecule has 0 radical (unpaired) electrons. The second-order valence-electron chi connectivity index (χ2n) is 3.76. The maximum absolute atomic E-state index is 11.4. The summed E-state index contributed by atoms with van der Waals surface area (Å²) in [6.45, 7) is 1.50. The number of carbonyl (C=O) groups is 1. The molecule has 0 saturated heterocycles. The first-order valence-corrected chi connectivity index (χ1v) is 5.05. The molecule has 0 aliphatic rings. The lowest BCUT2D eigenvalue weighted by atomic mass is 10.0. The Morgan fingerprint density at radius 1 is 1.65 bits per heavy atom. The Kier molecular flexibility index (Phi) is 3.96. The summed E-state index contributed by atoms with van der Waals surface area (Å²) in [5.74, 6) is -0.502. The van der Waals surface area contributed by atoms with E-state index in [-0.39, 0.29) is 17.9 Å². The van der Waals surface area contributed by atoms with E-state index in [1.54, 1.807) is 0 Å². The van der Waals surface area contributed by atoms with Crippen LogP contribution >= 0.6 is 0 Å². The summed E-state index contributed by atoms with van der Waals surface area (Å²) in [5, 5.41) is 25.8. The number of rotatable bonds is 4. The molecule has 0 saturated carbocycles. The minimum Gasteiger partial charge on any atom is -0.508 e. The Labute approximate surface area is 99.0 Å². The van der Waals surface area contributed by atoms with Crippen LogP contribution in [0.3, 0.4) is 0 Å². The molecule has 0 bridgehead atoms. The third-order valence-electron chi connectivity index (χ3n) is 2.29. The van der Waals surface area contributed by atoms with Crippen LogP contribution in [0.4, 0.5) is 0 Å². The smallest absolute Gasteiger partial charge is 0.192 e. The second-order valence-corrected chi connectivity index (χ2v) is 3.76. The number of ketones is 1. The monoisotopic (exact) mass is 231 g/mol. The van der Waals surface area contributed by atoms with Gasteiger partial charge in [-0.05, 0) is 25.1 Å². The van der Waals surface area contributed by atoms with E-state index in [1.165, 1.54) is 25.1 Å². The molecule has 4 N–H and O–H groups in total. The second kappa shape index (κ2) is 5.23. The van der Waals surface area contributed by atoms with Crippen LogP contribution in [0.1, 0.15) is 18.1 Å². The van der Waals surface area contributed by atoms with Crippen molar-refractivity contribution in [1.29, 1.82) is 10.7 Å². The first-order valence-electron chi connectivity index (χ1n) is 5.05. The molecule has 0 aliphatic heterocycles. The normalized spacial score (nSPS) is 11.6. The largest absolute Gasteiger partial charge is 0.508 e. The van der Waals surface area contributed by atoms with Crippen LogP contribution in [0.25, 0.3) is 0 Å². The Bertz CT molecular complexity index is 501. The molecule has 1 aromatic rings. The van der Waals surface area contributed by atoms with Crippen molar-refractivity contribution in [2.24, 2.45) is 5.73 Å². The van der Waals surface area contributed by atoms with Gasteiger partial charge in [-0.25, -0.2) is 0 Å². The molecule has 0 heterocycles. The van der Waals surface area contributed by atoms with Gasteiger partial charge in [-0.2, -0.15) is 5.26 Å². The Hall–Kier alpha value is -2.19. The van der Waals surface area contributed by atoms with Crippen molar-refractivity contribution in [1.82, 2.24) is 0 Å². The van der Waals surface area contributed by atoms with Crippen LogP contribution in [0, 0.1) is 16.7 Å². The third kappa shape index (κ3) is 3.13. The van der Waals surface area contributed by atoms with Crippen molar-refractivity contribution in [2.75, 3.05) is 0 Å². The van der Waals surface area contributed by atoms with E-state index in [2.05, 4.69) is 0 Å². The summed E-state index contributed by atoms with van der Waals surface area (Å²) >= 11 is 0. The van der Waals surface area contributed by atoms with Gasteiger partial charge in [-0.15, -0.1) is 0 Å². The molecule has 88 valence electrons. The van der Waals surface area contributed by atoms with Gasteiger partial charge in [0.15, 0.2) is 5.78 Å². The third-order valence-corrected chi connectivity index (χ3v) is 2.29. The van der Waals surface area contributed by atoms with E-state index < -0.39 is 11.8 Å². The van der Waals surface area contributed by atoms with Crippen molar-refractivity contribution in [3.05, 3.63) is 29.3 Å². The van der Waals surface area contributed by atoms with Crippen LogP contribution in [-0.4, -0.2) is 22.6 Å². The lowest BCUT2D eigenvalue weighted by molar-refractivity contribution is -0.113. The Morgan fingerprint density at radius 3 is 2.82 bits per heavy atom. The molecule has 0 fully saturated rings. The fourth-order valence-corrected chi connectivity index (χ4v) is 1.35. The predicted molar refractivity (Wildman–Crippen MR) is 62.9 cm³/mol. The number of phenolic OH excluding ortho intramolecular Hbond substituents is 1. The SMILES string of the molecule is C[C@H](N)C(=O)C(=N)Cc1cc(C#N)ccc1O. The van der Waals surface area contributed by atoms with Crippen molar-refractivity contribution in [3.63, 3.8) is 0 Å². The molecule has 1 atom stereocenters. The zero-order chi connectivity index (χ0) is 13.0. The van der Waals surface area contributed by atoms with E-state index >= 15 is 0 Å². The van der Waals surface area contributed by atoms with Crippen LogP contribution in [0.5, 0.6) is 5.75 Å². The molecule has 1 aromatic carbocycles. The molecule has 5 heteroatoms. The lowest BCUT2D eigenvalue weighted by Crippen LogP contribution is -2.33. The molecule has 0 aromatic heterocycles. The highest BCUT2D eigenvalue weighted by Crippen LogP contribution is 2.19. The van der Waals surface area contributed by atoms with E-state index in [0.29, 0.717) is 11.1 Å². The molecular formula is C12H13N3O2. The zero-order valence-electron chi connectivity index (χ0n) is 9.40. The number of nitrogens with zero attached hydrogens (tertiary/aromatic N) is 1. The summed E-state index contributed by atoms with van der Waals surface area (Å²) < 4.78 is 0. The highest BCUT2D eigenvalue weighted by Gasteiger charge is 2.16. The Morgan fingerprint density at radius 2 is 2.29 bits per heavy atom. The van der Waals surface area contributed by atoms with Crippen molar-refractivity contribution >= 4 is 11.5 Å². The first kappa shape index (κ1) is 12.9. The van der Waals surface area contributed by atoms with Crippen molar-refractivity contribution in [2.45, 2.75) is 19.4 Å². The number of Topliss-reactive ketones (excluding diaryl/α,β-unsaturated/α-hetero) is 1. The van der Waals surface area contributed by atoms with Gasteiger partial charge in [0.05, 0.1) is 23.4 Å². The Balaban J connectivity index is 2.92. The van der Waals surface area contributed by atoms with Crippen LogP contribution in [0.2, 0.25) is 0 Å². The number of carbonyl (C=O) groups excluding carboxylic acids is 1. The van der Waals surface area contributed by atoms with Gasteiger partial charge in [-0.3, -0.25) is 4.79 Å². The molecule has 0 amide bonds. The zero-order valence-corrected chi connectivity index (χ0v) is 9.40. The minimum atomic E-state index is -0.733. The molecule has 17 heavy (non-hydrogen) atoms. The van der Waals surface area contributed by atoms with Crippen LogP contribution < -0.4 is 5.73 Å². The number of nitrogens with one attached hydrogen (secondary N) is 1. The molecular weight excluding hydrogens is 218 g/mol. The van der Waals surface area contributed by atoms with Crippen molar-refractivity contribution < 1.29 is 9.90 Å².